The summed E-state index contributed by atoms with van der Waals surface area (Å²) >= 11 is 0. The number of carbonyl (C=O) groups excluding carboxylic acids is 2. The molecule has 1 atom stereocenters. The Morgan fingerprint density at radius 2 is 1.91 bits per heavy atom. The largest absolute Gasteiger partial charge is 0.497 e. The maximum atomic E-state index is 13.8. The molecule has 186 valence electrons. The lowest BCUT2D eigenvalue weighted by atomic mass is 9.93. The molecular weight excluding hydrogens is 430 g/mol. The predicted octanol–water partition coefficient (Wildman–Crippen LogP) is 4.52. The van der Waals surface area contributed by atoms with Crippen LogP contribution in [0.5, 0.6) is 5.75 Å². The molecule has 0 unspecified atom stereocenters. The van der Waals surface area contributed by atoms with Crippen LogP contribution in [0, 0.1) is 0 Å². The van der Waals surface area contributed by atoms with E-state index in [2.05, 4.69) is 5.32 Å². The van der Waals surface area contributed by atoms with Gasteiger partial charge in [0.1, 0.15) is 17.0 Å². The molecule has 7 nitrogen and oxygen atoms in total. The van der Waals surface area contributed by atoms with Gasteiger partial charge in [-0.25, -0.2) is 0 Å². The van der Waals surface area contributed by atoms with E-state index in [0.717, 1.165) is 42.3 Å². The van der Waals surface area contributed by atoms with E-state index in [1.54, 1.807) is 12.0 Å². The minimum atomic E-state index is -0.983. The molecule has 1 N–H and O–H groups in total. The third-order valence-electron chi connectivity index (χ3n) is 7.29. The first-order valence-corrected chi connectivity index (χ1v) is 12.8. The normalized spacial score (nSPS) is 21.6. The van der Waals surface area contributed by atoms with Gasteiger partial charge >= 0.3 is 0 Å². The number of nitrogens with one attached hydrogen (secondary N) is 1. The third-order valence-corrected chi connectivity index (χ3v) is 7.29. The van der Waals surface area contributed by atoms with Gasteiger partial charge in [-0.05, 0) is 58.2 Å². The highest BCUT2D eigenvalue weighted by Gasteiger charge is 2.47. The number of methoxy groups -OCH3 is 1. The molecule has 0 bridgehead atoms. The topological polar surface area (TPSA) is 72.8 Å². The Bertz CT molecular complexity index is 1020. The molecule has 1 aliphatic heterocycles. The monoisotopic (exact) mass is 469 g/mol. The van der Waals surface area contributed by atoms with Crippen LogP contribution in [-0.4, -0.2) is 59.2 Å². The molecule has 1 aliphatic carbocycles. The highest BCUT2D eigenvalue weighted by molar-refractivity contribution is 6.03. The van der Waals surface area contributed by atoms with Gasteiger partial charge in [-0.15, -0.1) is 0 Å². The van der Waals surface area contributed by atoms with Crippen LogP contribution in [0.15, 0.2) is 24.3 Å². The van der Waals surface area contributed by atoms with Crippen LogP contribution >= 0.6 is 0 Å². The van der Waals surface area contributed by atoms with E-state index in [1.807, 2.05) is 49.6 Å². The Morgan fingerprint density at radius 1 is 1.18 bits per heavy atom. The molecule has 0 radical (unpaired) electrons. The van der Waals surface area contributed by atoms with Crippen molar-refractivity contribution in [3.63, 3.8) is 0 Å². The van der Waals surface area contributed by atoms with Gasteiger partial charge in [-0.1, -0.05) is 25.7 Å². The summed E-state index contributed by atoms with van der Waals surface area (Å²) in [6.07, 6.45) is 7.57. The van der Waals surface area contributed by atoms with E-state index in [0.29, 0.717) is 31.8 Å². The first kappa shape index (κ1) is 24.6. The molecule has 1 fully saturated rings. The van der Waals surface area contributed by atoms with Crippen molar-refractivity contribution in [3.05, 3.63) is 30.0 Å². The highest BCUT2D eigenvalue weighted by Crippen LogP contribution is 2.34. The Morgan fingerprint density at radius 3 is 2.59 bits per heavy atom. The summed E-state index contributed by atoms with van der Waals surface area (Å²) in [6, 6.07) is 7.92. The standard InChI is InChI=1S/C27H39N3O4/c1-19(2)34-15-9-14-30-25(31)24-16-20-12-13-22(33-4)17-23(20)29(24)18-27(30,3)26(32)28-21-10-7-5-6-8-11-21/h12-13,16-17,19,21H,5-11,14-15,18H2,1-4H3,(H,28,32)/t27-/m1/s1. The molecule has 1 aromatic heterocycles. The molecule has 4 rings (SSSR count). The number of aromatic nitrogens is 1. The molecule has 34 heavy (non-hydrogen) atoms. The maximum Gasteiger partial charge on any atom is 0.271 e. The number of rotatable bonds is 8. The Balaban J connectivity index is 1.66. The van der Waals surface area contributed by atoms with Crippen molar-refractivity contribution in [2.45, 2.75) is 89.9 Å². The van der Waals surface area contributed by atoms with Crippen molar-refractivity contribution < 1.29 is 19.1 Å². The number of hydrogen-bond donors (Lipinski definition) is 1. The van der Waals surface area contributed by atoms with E-state index in [-0.39, 0.29) is 24.0 Å². The number of benzene rings is 1. The second-order valence-electron chi connectivity index (χ2n) is 10.2. The fourth-order valence-electron chi connectivity index (χ4n) is 5.31. The van der Waals surface area contributed by atoms with Gasteiger partial charge in [0.15, 0.2) is 0 Å². The Hall–Kier alpha value is -2.54. The second-order valence-corrected chi connectivity index (χ2v) is 10.2. The predicted molar refractivity (Wildman–Crippen MR) is 133 cm³/mol. The van der Waals surface area contributed by atoms with Crippen molar-refractivity contribution in [1.82, 2.24) is 14.8 Å². The van der Waals surface area contributed by atoms with Gasteiger partial charge in [-0.2, -0.15) is 0 Å². The fraction of sp³-hybridized carbons (Fsp3) is 0.630. The van der Waals surface area contributed by atoms with Crippen LogP contribution in [0.2, 0.25) is 0 Å². The molecule has 2 amide bonds. The molecule has 1 aromatic carbocycles. The van der Waals surface area contributed by atoms with Crippen LogP contribution in [0.4, 0.5) is 0 Å². The zero-order chi connectivity index (χ0) is 24.3. The van der Waals surface area contributed by atoms with Crippen molar-refractivity contribution in [2.75, 3.05) is 20.3 Å². The van der Waals surface area contributed by atoms with Crippen LogP contribution < -0.4 is 10.1 Å². The molecular formula is C27H39N3O4. The van der Waals surface area contributed by atoms with Gasteiger partial charge in [0, 0.05) is 30.6 Å². The van der Waals surface area contributed by atoms with Crippen molar-refractivity contribution in [1.29, 1.82) is 0 Å². The summed E-state index contributed by atoms with van der Waals surface area (Å²) in [7, 11) is 1.64. The number of ether oxygens (including phenoxy) is 2. The van der Waals surface area contributed by atoms with Gasteiger partial charge in [0.2, 0.25) is 5.91 Å². The molecule has 7 heteroatoms. The van der Waals surface area contributed by atoms with Gasteiger partial charge in [0.25, 0.3) is 5.91 Å². The summed E-state index contributed by atoms with van der Waals surface area (Å²) in [6.45, 7) is 7.36. The van der Waals surface area contributed by atoms with E-state index in [4.69, 9.17) is 9.47 Å². The first-order chi connectivity index (χ1) is 16.3. The molecule has 0 spiro atoms. The average Bonchev–Trinajstić information content (AvgIpc) is 2.97. The summed E-state index contributed by atoms with van der Waals surface area (Å²) in [5.41, 5.74) is 0.551. The van der Waals surface area contributed by atoms with E-state index in [9.17, 15) is 9.59 Å². The molecule has 1 saturated carbocycles. The zero-order valence-corrected chi connectivity index (χ0v) is 21.1. The minimum Gasteiger partial charge on any atom is -0.497 e. The second kappa shape index (κ2) is 10.4. The number of nitrogens with zero attached hydrogens (tertiary/aromatic N) is 2. The van der Waals surface area contributed by atoms with Gasteiger partial charge in [-0.3, -0.25) is 9.59 Å². The number of hydrogen-bond acceptors (Lipinski definition) is 4. The lowest BCUT2D eigenvalue weighted by Gasteiger charge is -2.44. The van der Waals surface area contributed by atoms with Crippen molar-refractivity contribution >= 4 is 22.7 Å². The van der Waals surface area contributed by atoms with E-state index < -0.39 is 5.54 Å². The molecule has 2 heterocycles. The minimum absolute atomic E-state index is 0.0621. The van der Waals surface area contributed by atoms with Crippen molar-refractivity contribution in [3.8, 4) is 5.75 Å². The molecule has 0 saturated heterocycles. The Labute approximate surface area is 202 Å². The van der Waals surface area contributed by atoms with Crippen LogP contribution in [0.1, 0.15) is 76.2 Å². The summed E-state index contributed by atoms with van der Waals surface area (Å²) in [5.74, 6) is 0.566. The van der Waals surface area contributed by atoms with E-state index >= 15 is 0 Å². The zero-order valence-electron chi connectivity index (χ0n) is 21.1. The number of fused-ring (bicyclic) bond motifs is 3. The van der Waals surface area contributed by atoms with Gasteiger partial charge < -0.3 is 24.3 Å². The number of amides is 2. The smallest absolute Gasteiger partial charge is 0.271 e. The summed E-state index contributed by atoms with van der Waals surface area (Å²) in [4.78, 5) is 29.4. The van der Waals surface area contributed by atoms with Crippen molar-refractivity contribution in [2.24, 2.45) is 0 Å². The summed E-state index contributed by atoms with van der Waals surface area (Å²) in [5, 5.41) is 4.29. The van der Waals surface area contributed by atoms with Crippen LogP contribution in [0.25, 0.3) is 10.9 Å². The van der Waals surface area contributed by atoms with E-state index in [1.165, 1.54) is 12.8 Å². The highest BCUT2D eigenvalue weighted by atomic mass is 16.5. The fourth-order valence-corrected chi connectivity index (χ4v) is 5.31. The molecule has 2 aromatic rings. The van der Waals surface area contributed by atoms with Crippen LogP contribution in [-0.2, 0) is 16.1 Å². The summed E-state index contributed by atoms with van der Waals surface area (Å²) < 4.78 is 13.1. The number of carbonyl (C=O) groups is 2. The lowest BCUT2D eigenvalue weighted by molar-refractivity contribution is -0.133. The lowest BCUT2D eigenvalue weighted by Crippen LogP contribution is -2.65. The van der Waals surface area contributed by atoms with Crippen LogP contribution in [0.3, 0.4) is 0 Å². The first-order valence-electron chi connectivity index (χ1n) is 12.8. The van der Waals surface area contributed by atoms with Gasteiger partial charge in [0.05, 0.1) is 25.3 Å². The molecule has 2 aliphatic rings. The third kappa shape index (κ3) is 4.95. The maximum absolute atomic E-state index is 13.8. The Kier molecular flexibility index (Phi) is 7.51. The SMILES string of the molecule is COc1ccc2cc3n(c2c1)C[C@](C)(C(=O)NC1CCCCCC1)N(CCCOC(C)C)C3=O. The average molecular weight is 470 g/mol. The quantitative estimate of drug-likeness (QED) is 0.456.